The molecule has 0 saturated heterocycles. The molecule has 0 amide bonds. The van der Waals surface area contributed by atoms with E-state index in [1.165, 1.54) is 15.6 Å². The highest BCUT2D eigenvalue weighted by Gasteiger charge is 2.14. The first-order chi connectivity index (χ1) is 6.33. The molecule has 0 bridgehead atoms. The molecule has 0 fully saturated rings. The Labute approximate surface area is 87.2 Å². The maximum atomic E-state index is 2.23. The monoisotopic (exact) mass is 209 g/mol. The summed E-state index contributed by atoms with van der Waals surface area (Å²) in [6, 6.07) is 8.48. The van der Waals surface area contributed by atoms with Crippen LogP contribution in [0.25, 0.3) is 0 Å². The summed E-state index contributed by atoms with van der Waals surface area (Å²) in [6.07, 6.45) is 2.11. The van der Waals surface area contributed by atoms with Gasteiger partial charge in [0.1, 0.15) is 0 Å². The van der Waals surface area contributed by atoms with Gasteiger partial charge in [-0.3, -0.25) is 0 Å². The maximum Gasteiger partial charge on any atom is 0.0814 e. The van der Waals surface area contributed by atoms with Crippen molar-refractivity contribution in [3.8, 4) is 0 Å². The number of thioether (sulfide) groups is 2. The third-order valence-electron chi connectivity index (χ3n) is 2.05. The van der Waals surface area contributed by atoms with Gasteiger partial charge in [0.25, 0.3) is 0 Å². The van der Waals surface area contributed by atoms with Crippen molar-refractivity contribution in [2.75, 3.05) is 18.2 Å². The number of para-hydroxylation sites is 1. The molecule has 2 rings (SSSR count). The van der Waals surface area contributed by atoms with Gasteiger partial charge in [-0.1, -0.05) is 23.9 Å². The molecular weight excluding hydrogens is 198 g/mol. The molecule has 0 aliphatic carbocycles. The largest absolute Gasteiger partial charge is 0.338 e. The van der Waals surface area contributed by atoms with Gasteiger partial charge < -0.3 is 4.90 Å². The van der Waals surface area contributed by atoms with Crippen molar-refractivity contribution < 1.29 is 0 Å². The van der Waals surface area contributed by atoms with Crippen molar-refractivity contribution in [3.05, 3.63) is 34.7 Å². The fourth-order valence-electron chi connectivity index (χ4n) is 1.33. The van der Waals surface area contributed by atoms with Gasteiger partial charge in [-0.15, -0.1) is 11.8 Å². The minimum absolute atomic E-state index is 1.30. The maximum absolute atomic E-state index is 2.23. The van der Waals surface area contributed by atoms with Crippen molar-refractivity contribution in [2.45, 2.75) is 4.90 Å². The van der Waals surface area contributed by atoms with E-state index in [1.54, 1.807) is 23.5 Å². The van der Waals surface area contributed by atoms with Gasteiger partial charge in [0.2, 0.25) is 0 Å². The summed E-state index contributed by atoms with van der Waals surface area (Å²) in [7, 11) is 2.11. The van der Waals surface area contributed by atoms with Crippen LogP contribution < -0.4 is 4.90 Å². The molecule has 0 N–H and O–H groups in total. The molecule has 0 saturated carbocycles. The number of hydrogen-bond donors (Lipinski definition) is 0. The summed E-state index contributed by atoms with van der Waals surface area (Å²) in [4.78, 5) is 3.57. The van der Waals surface area contributed by atoms with Crippen LogP contribution in [0.1, 0.15) is 0 Å². The number of fused-ring (bicyclic) bond motifs is 1. The lowest BCUT2D eigenvalue weighted by Crippen LogP contribution is -2.16. The molecule has 0 atom stereocenters. The Morgan fingerprint density at radius 1 is 1.31 bits per heavy atom. The van der Waals surface area contributed by atoms with Crippen LogP contribution in [0.3, 0.4) is 0 Å². The lowest BCUT2D eigenvalue weighted by atomic mass is 10.3. The van der Waals surface area contributed by atoms with E-state index < -0.39 is 0 Å². The number of benzene rings is 1. The minimum atomic E-state index is 1.30. The fourth-order valence-corrected chi connectivity index (χ4v) is 3.10. The fraction of sp³-hybridized carbons (Fsp3) is 0.200. The topological polar surface area (TPSA) is 3.24 Å². The highest BCUT2D eigenvalue weighted by molar-refractivity contribution is 8.06. The van der Waals surface area contributed by atoms with Crippen LogP contribution in [-0.2, 0) is 0 Å². The molecule has 0 radical (unpaired) electrons. The Kier molecular flexibility index (Phi) is 2.56. The van der Waals surface area contributed by atoms with Crippen LogP contribution >= 0.6 is 23.5 Å². The number of hydrogen-bond acceptors (Lipinski definition) is 3. The highest BCUT2D eigenvalue weighted by Crippen LogP contribution is 2.39. The van der Waals surface area contributed by atoms with E-state index in [0.29, 0.717) is 0 Å². The van der Waals surface area contributed by atoms with Gasteiger partial charge >= 0.3 is 0 Å². The van der Waals surface area contributed by atoms with Crippen LogP contribution in [0.4, 0.5) is 5.69 Å². The molecular formula is C10H11NS2. The van der Waals surface area contributed by atoms with E-state index in [4.69, 9.17) is 0 Å². The van der Waals surface area contributed by atoms with Crippen LogP contribution in [0.2, 0.25) is 0 Å². The highest BCUT2D eigenvalue weighted by atomic mass is 32.2. The van der Waals surface area contributed by atoms with Crippen LogP contribution in [0, 0.1) is 0 Å². The average Bonchev–Trinajstić information content (AvgIpc) is 2.19. The lowest BCUT2D eigenvalue weighted by molar-refractivity contribution is 1.14. The van der Waals surface area contributed by atoms with Gasteiger partial charge in [0.15, 0.2) is 0 Å². The van der Waals surface area contributed by atoms with Crippen LogP contribution in [0.5, 0.6) is 0 Å². The van der Waals surface area contributed by atoms with Gasteiger partial charge in [-0.05, 0) is 18.4 Å². The van der Waals surface area contributed by atoms with Gasteiger partial charge in [-0.25, -0.2) is 0 Å². The zero-order chi connectivity index (χ0) is 9.26. The number of anilines is 1. The third-order valence-corrected chi connectivity index (χ3v) is 3.95. The van der Waals surface area contributed by atoms with E-state index in [-0.39, 0.29) is 0 Å². The van der Waals surface area contributed by atoms with E-state index in [1.807, 2.05) is 0 Å². The zero-order valence-corrected chi connectivity index (χ0v) is 9.28. The van der Waals surface area contributed by atoms with Crippen molar-refractivity contribution in [1.82, 2.24) is 0 Å². The predicted molar refractivity (Wildman–Crippen MR) is 62.3 cm³/mol. The molecule has 1 heterocycles. The van der Waals surface area contributed by atoms with E-state index in [2.05, 4.69) is 47.9 Å². The molecule has 3 heteroatoms. The van der Waals surface area contributed by atoms with Gasteiger partial charge in [0.05, 0.1) is 10.7 Å². The summed E-state index contributed by atoms with van der Waals surface area (Å²) in [6.45, 7) is 0. The standard InChI is InChI=1S/C10H11NS2/c1-11-8-5-3-4-6-9(8)13-7-10(11)12-2/h3-7H,1-2H3. The number of nitrogens with zero attached hydrogens (tertiary/aromatic N) is 1. The zero-order valence-electron chi connectivity index (χ0n) is 7.65. The first-order valence-corrected chi connectivity index (χ1v) is 6.17. The first-order valence-electron chi connectivity index (χ1n) is 4.06. The smallest absolute Gasteiger partial charge is 0.0814 e. The molecule has 1 aromatic carbocycles. The molecule has 1 aliphatic heterocycles. The second-order valence-corrected chi connectivity index (χ2v) is 4.54. The lowest BCUT2D eigenvalue weighted by Gasteiger charge is -2.26. The second-order valence-electron chi connectivity index (χ2n) is 2.80. The summed E-state index contributed by atoms with van der Waals surface area (Å²) < 4.78 is 0. The normalized spacial score (nSPS) is 15.2. The van der Waals surface area contributed by atoms with Gasteiger partial charge in [0, 0.05) is 17.4 Å². The first kappa shape index (κ1) is 9.03. The Balaban J connectivity index is 2.41. The summed E-state index contributed by atoms with van der Waals surface area (Å²) in [5.41, 5.74) is 1.30. The van der Waals surface area contributed by atoms with E-state index >= 15 is 0 Å². The molecule has 0 spiro atoms. The SMILES string of the molecule is CSC1=CSc2ccccc2N1C. The van der Waals surface area contributed by atoms with E-state index in [9.17, 15) is 0 Å². The van der Waals surface area contributed by atoms with Crippen LogP contribution in [-0.4, -0.2) is 13.3 Å². The quantitative estimate of drug-likeness (QED) is 0.698. The van der Waals surface area contributed by atoms with Crippen LogP contribution in [0.15, 0.2) is 39.6 Å². The Morgan fingerprint density at radius 2 is 2.08 bits per heavy atom. The Bertz CT molecular complexity index is 347. The van der Waals surface area contributed by atoms with E-state index in [0.717, 1.165) is 0 Å². The summed E-state index contributed by atoms with van der Waals surface area (Å²) in [5, 5.41) is 3.51. The van der Waals surface area contributed by atoms with Crippen molar-refractivity contribution in [2.24, 2.45) is 0 Å². The molecule has 1 aliphatic rings. The third kappa shape index (κ3) is 1.58. The van der Waals surface area contributed by atoms with Crippen molar-refractivity contribution >= 4 is 29.2 Å². The molecule has 0 aromatic heterocycles. The minimum Gasteiger partial charge on any atom is -0.338 e. The molecule has 68 valence electrons. The average molecular weight is 209 g/mol. The molecule has 1 aromatic rings. The Hall–Kier alpha value is -0.540. The van der Waals surface area contributed by atoms with Crippen molar-refractivity contribution in [1.29, 1.82) is 0 Å². The van der Waals surface area contributed by atoms with Gasteiger partial charge in [-0.2, -0.15) is 0 Å². The molecule has 13 heavy (non-hydrogen) atoms. The summed E-state index contributed by atoms with van der Waals surface area (Å²) in [5.74, 6) is 0. The molecule has 0 unspecified atom stereocenters. The second kappa shape index (κ2) is 3.68. The number of rotatable bonds is 1. The predicted octanol–water partition coefficient (Wildman–Crippen LogP) is 3.39. The summed E-state index contributed by atoms with van der Waals surface area (Å²) >= 11 is 3.58. The molecule has 1 nitrogen and oxygen atoms in total. The Morgan fingerprint density at radius 3 is 2.85 bits per heavy atom. The van der Waals surface area contributed by atoms with Crippen molar-refractivity contribution in [3.63, 3.8) is 0 Å².